The molecule has 0 atom stereocenters. The normalized spacial score (nSPS) is 12.3. The second kappa shape index (κ2) is 30.7. The third kappa shape index (κ3) is 29.4. The molecule has 0 N–H and O–H groups in total. The standard InChI is InChI=1S/C48H39O3.18ClH.3Sb/c1-49-43-28-22-40(23-29-43)46(34-10-6-4-7-11-34)36-14-18-38(19-15-36)48(42-26-32-45(51-3)33-27-42)39-20-16-37(17-21-39)47(35-12-8-5-9-13-35)41-24-30-44(50-2)31-25-41;;;;;;;;;;;;;;;;;;;;;/h4-33H,1-3H3;18*1H;;;/q+3;;;;;;;;;;;;;;;;;;;3*+5/p-18. The van der Waals surface area contributed by atoms with Gasteiger partial charge >= 0.3 is 168 Å². The molecule has 0 aliphatic heterocycles. The van der Waals surface area contributed by atoms with Crippen molar-refractivity contribution in [3.63, 3.8) is 0 Å². The maximum absolute atomic E-state index is 5.51. The van der Waals surface area contributed by atoms with Crippen LogP contribution in [0.5, 0.6) is 17.2 Å². The summed E-state index contributed by atoms with van der Waals surface area (Å²) in [4.78, 5) is 0. The first-order valence-electron chi connectivity index (χ1n) is 19.6. The molecule has 7 aromatic rings. The van der Waals surface area contributed by atoms with Crippen molar-refractivity contribution in [2.75, 3.05) is 21.3 Å². The van der Waals surface area contributed by atoms with E-state index in [4.69, 9.17) is 147 Å². The van der Waals surface area contributed by atoms with Crippen LogP contribution in [0, 0.1) is 17.8 Å². The topological polar surface area (TPSA) is 27.7 Å². The van der Waals surface area contributed by atoms with Crippen LogP contribution in [0.4, 0.5) is 0 Å². The van der Waals surface area contributed by atoms with Crippen LogP contribution in [0.15, 0.2) is 182 Å². The van der Waals surface area contributed by atoms with Gasteiger partial charge in [0.15, 0.2) is 0 Å². The zero-order valence-corrected chi connectivity index (χ0v) is 58.5. The van der Waals surface area contributed by atoms with Gasteiger partial charge in [0.05, 0.1) is 89.2 Å². The molecule has 3 nitrogen and oxygen atoms in total. The summed E-state index contributed by atoms with van der Waals surface area (Å²) in [5.74, 6) is 5.98. The van der Waals surface area contributed by atoms with E-state index in [1.54, 1.807) is 21.3 Å². The minimum absolute atomic E-state index is 0. The molecule has 0 saturated carbocycles. The van der Waals surface area contributed by atoms with E-state index in [1.807, 2.05) is 36.4 Å². The van der Waals surface area contributed by atoms with Crippen LogP contribution in [-0.2, 0) is 0 Å². The molecule has 0 aliphatic carbocycles. The Balaban J connectivity index is 0.00000106. The van der Waals surface area contributed by atoms with Gasteiger partial charge in [-0.3, -0.25) is 0 Å². The number of hydrogen-bond acceptors (Lipinski definition) is 3. The van der Waals surface area contributed by atoms with Crippen molar-refractivity contribution < 1.29 is 51.4 Å². The van der Waals surface area contributed by atoms with Crippen LogP contribution in [0.25, 0.3) is 0 Å². The second-order valence-corrected chi connectivity index (χ2v) is 128. The molecule has 0 spiro atoms. The maximum atomic E-state index is 5.51. The van der Waals surface area contributed by atoms with Gasteiger partial charge in [-0.1, -0.05) is 12.1 Å². The van der Waals surface area contributed by atoms with Crippen molar-refractivity contribution in [3.05, 3.63) is 250 Å². The van der Waals surface area contributed by atoms with Crippen LogP contribution in [0.2, 0.25) is 0 Å². The summed E-state index contributed by atoms with van der Waals surface area (Å²) in [7, 11) is 80.8. The summed E-state index contributed by atoms with van der Waals surface area (Å²) in [5.41, 5.74) is 10.2. The summed E-state index contributed by atoms with van der Waals surface area (Å²) in [6.45, 7) is 0. The Morgan fingerprint density at radius 1 is 0.236 bits per heavy atom. The van der Waals surface area contributed by atoms with Crippen molar-refractivity contribution in [2.24, 2.45) is 0 Å². The number of benzene rings is 7. The third-order valence-corrected chi connectivity index (χ3v) is 9.19. The Morgan fingerprint density at radius 2 is 0.361 bits per heavy atom. The molecule has 0 amide bonds. The molecular formula is C48H39Cl18O3Sb3. The first-order chi connectivity index (χ1) is 31.9. The summed E-state index contributed by atoms with van der Waals surface area (Å²) < 4.78 is 16.4. The fraction of sp³-hybridized carbons (Fsp3) is 0.0625. The molecule has 7 aromatic carbocycles. The SMILES string of the molecule is COc1ccc([C+](c2ccccc2)c2ccc([C+](c3ccc(OC)cc3)c3ccc([C+](c4ccccc4)c4ccc(OC)cc4)cc3)cc2)cc1.[Cl-].[Cl-].[Cl-].[Cl][Sb]([Cl])([Cl])([Cl])[Cl].[Cl][Sb]([Cl])([Cl])([Cl])[Cl].[Cl][Sb]([Cl])([Cl])([Cl])[Cl]. The van der Waals surface area contributed by atoms with Gasteiger partial charge in [0.2, 0.25) is 0 Å². The van der Waals surface area contributed by atoms with Crippen LogP contribution in [0.1, 0.15) is 50.1 Å². The van der Waals surface area contributed by atoms with Gasteiger partial charge in [0.25, 0.3) is 0 Å². The number of methoxy groups -OCH3 is 3. The van der Waals surface area contributed by atoms with Crippen LogP contribution in [-0.4, -0.2) is 56.4 Å². The molecule has 7 rings (SSSR count). The molecule has 0 heterocycles. The van der Waals surface area contributed by atoms with E-state index < -0.39 is 35.1 Å². The van der Waals surface area contributed by atoms with Gasteiger partial charge in [-0.15, -0.1) is 0 Å². The fourth-order valence-electron chi connectivity index (χ4n) is 6.59. The molecule has 0 saturated heterocycles. The Morgan fingerprint density at radius 3 is 0.500 bits per heavy atom. The van der Waals surface area contributed by atoms with Crippen LogP contribution >= 0.6 is 132 Å². The van der Waals surface area contributed by atoms with Crippen LogP contribution < -0.4 is 51.4 Å². The van der Waals surface area contributed by atoms with E-state index in [-0.39, 0.29) is 37.2 Å². The first kappa shape index (κ1) is 71.2. The molecular weight excluding hydrogens is 1630 g/mol. The Hall–Kier alpha value is 1.22. The summed E-state index contributed by atoms with van der Waals surface area (Å²) in [6, 6.07) is 63.8. The fourth-order valence-corrected chi connectivity index (χ4v) is 6.59. The molecule has 0 aliphatic rings. The van der Waals surface area contributed by atoms with E-state index in [1.165, 1.54) is 11.8 Å². The van der Waals surface area contributed by atoms with Gasteiger partial charge < -0.3 is 51.4 Å². The summed E-state index contributed by atoms with van der Waals surface area (Å²) in [5, 5.41) is 0. The molecule has 0 unspecified atom stereocenters. The van der Waals surface area contributed by atoms with E-state index >= 15 is 0 Å². The molecule has 0 fully saturated rings. The van der Waals surface area contributed by atoms with E-state index in [9.17, 15) is 0 Å². The third-order valence-electron chi connectivity index (χ3n) is 9.19. The monoisotopic (exact) mass is 1660 g/mol. The number of halogens is 18. The van der Waals surface area contributed by atoms with Crippen molar-refractivity contribution in [2.45, 2.75) is 0 Å². The summed E-state index contributed by atoms with van der Waals surface area (Å²) in [6.07, 6.45) is 0. The minimum atomic E-state index is -4.33. The molecule has 72 heavy (non-hydrogen) atoms. The number of rotatable bonds is 12. The van der Waals surface area contributed by atoms with Crippen molar-refractivity contribution in [1.29, 1.82) is 0 Å². The zero-order valence-electron chi connectivity index (χ0n) is 37.2. The van der Waals surface area contributed by atoms with Gasteiger partial charge in [-0.2, -0.15) is 0 Å². The summed E-state index contributed by atoms with van der Waals surface area (Å²) >= 11 is -13.0. The molecule has 0 aromatic heterocycles. The number of hydrogen-bond donors (Lipinski definition) is 0. The van der Waals surface area contributed by atoms with Crippen molar-refractivity contribution in [3.8, 4) is 17.2 Å². The van der Waals surface area contributed by atoms with Crippen LogP contribution in [0.3, 0.4) is 0 Å². The van der Waals surface area contributed by atoms with Crippen molar-refractivity contribution in [1.82, 2.24) is 0 Å². The Labute approximate surface area is 499 Å². The molecule has 0 bridgehead atoms. The van der Waals surface area contributed by atoms with E-state index in [2.05, 4.69) is 146 Å². The average molecular weight is 1670 g/mol. The number of ether oxygens (including phenoxy) is 3. The Kier molecular flexibility index (Phi) is 30.4. The second-order valence-electron chi connectivity index (χ2n) is 14.1. The van der Waals surface area contributed by atoms with E-state index in [0.29, 0.717) is 0 Å². The van der Waals surface area contributed by atoms with Gasteiger partial charge in [-0.05, 0) is 84.9 Å². The average Bonchev–Trinajstić information content (AvgIpc) is 3.27. The molecule has 390 valence electrons. The van der Waals surface area contributed by atoms with Gasteiger partial charge in [0, 0.05) is 84.9 Å². The van der Waals surface area contributed by atoms with Gasteiger partial charge in [-0.25, -0.2) is 0 Å². The van der Waals surface area contributed by atoms with Gasteiger partial charge in [0.1, 0.15) is 17.2 Å². The quantitative estimate of drug-likeness (QED) is 0.0693. The Bertz CT molecular complexity index is 2430. The van der Waals surface area contributed by atoms with Crippen molar-refractivity contribution >= 4 is 168 Å². The predicted molar refractivity (Wildman–Crippen MR) is 311 cm³/mol. The molecule has 0 radical (unpaired) electrons. The van der Waals surface area contributed by atoms with E-state index in [0.717, 1.165) is 73.2 Å². The first-order valence-corrected chi connectivity index (χ1v) is 68.0. The molecule has 24 heteroatoms. The zero-order chi connectivity index (χ0) is 51.3. The predicted octanol–water partition coefficient (Wildman–Crippen LogP) is 11.0.